The van der Waals surface area contributed by atoms with E-state index in [0.717, 1.165) is 18.8 Å². The second kappa shape index (κ2) is 6.40. The molecule has 3 heteroatoms. The number of hydrogen-bond donors (Lipinski definition) is 1. The van der Waals surface area contributed by atoms with Crippen molar-refractivity contribution in [1.29, 1.82) is 0 Å². The average Bonchev–Trinajstić information content (AvgIpc) is 2.43. The number of rotatable bonds is 5. The maximum Gasteiger partial charge on any atom is 0.123 e. The molecule has 1 aliphatic heterocycles. The van der Waals surface area contributed by atoms with E-state index in [1.165, 1.54) is 31.5 Å². The first kappa shape index (κ1) is 14.4. The summed E-state index contributed by atoms with van der Waals surface area (Å²) in [6.45, 7) is 6.79. The summed E-state index contributed by atoms with van der Waals surface area (Å²) in [6.07, 6.45) is 2.56. The Morgan fingerprint density at radius 2 is 1.95 bits per heavy atom. The standard InChI is InChI=1S/C16H26N2O/c1-16(8-10-18(2)11-9-16)13-17-12-14-6-4-5-7-15(14)19-3/h4-7,17H,8-13H2,1-3H3. The van der Waals surface area contributed by atoms with Gasteiger partial charge in [-0.05, 0) is 44.5 Å². The number of para-hydroxylation sites is 1. The van der Waals surface area contributed by atoms with Crippen LogP contribution in [0.4, 0.5) is 0 Å². The predicted octanol–water partition coefficient (Wildman–Crippen LogP) is 2.52. The Balaban J connectivity index is 1.83. The van der Waals surface area contributed by atoms with Crippen LogP contribution in [0.25, 0.3) is 0 Å². The predicted molar refractivity (Wildman–Crippen MR) is 79.5 cm³/mol. The summed E-state index contributed by atoms with van der Waals surface area (Å²) in [4.78, 5) is 2.42. The number of methoxy groups -OCH3 is 1. The highest BCUT2D eigenvalue weighted by Gasteiger charge is 2.28. The molecule has 1 saturated heterocycles. The first-order valence-corrected chi connectivity index (χ1v) is 7.14. The molecule has 3 nitrogen and oxygen atoms in total. The van der Waals surface area contributed by atoms with Crippen molar-refractivity contribution in [2.75, 3.05) is 33.8 Å². The Labute approximate surface area is 116 Å². The zero-order chi connectivity index (χ0) is 13.7. The molecule has 1 aliphatic rings. The molecule has 0 unspecified atom stereocenters. The van der Waals surface area contributed by atoms with E-state index in [2.05, 4.69) is 36.3 Å². The molecule has 1 heterocycles. The highest BCUT2D eigenvalue weighted by Crippen LogP contribution is 2.29. The third kappa shape index (κ3) is 3.95. The first-order valence-electron chi connectivity index (χ1n) is 7.14. The Hall–Kier alpha value is -1.06. The fourth-order valence-corrected chi connectivity index (χ4v) is 2.68. The van der Waals surface area contributed by atoms with Crippen LogP contribution >= 0.6 is 0 Å². The van der Waals surface area contributed by atoms with Crippen molar-refractivity contribution in [1.82, 2.24) is 10.2 Å². The van der Waals surface area contributed by atoms with Gasteiger partial charge in [0.05, 0.1) is 7.11 Å². The lowest BCUT2D eigenvalue weighted by Crippen LogP contribution is -2.41. The summed E-state index contributed by atoms with van der Waals surface area (Å²) in [5.74, 6) is 0.975. The lowest BCUT2D eigenvalue weighted by molar-refractivity contribution is 0.136. The Kier molecular flexibility index (Phi) is 4.83. The van der Waals surface area contributed by atoms with E-state index >= 15 is 0 Å². The van der Waals surface area contributed by atoms with Crippen LogP contribution < -0.4 is 10.1 Å². The molecule has 1 N–H and O–H groups in total. The molecule has 2 rings (SSSR count). The van der Waals surface area contributed by atoms with Crippen LogP contribution in [-0.2, 0) is 6.54 Å². The van der Waals surface area contributed by atoms with Gasteiger partial charge in [0, 0.05) is 18.7 Å². The molecular formula is C16H26N2O. The maximum atomic E-state index is 5.38. The zero-order valence-corrected chi connectivity index (χ0v) is 12.4. The summed E-state index contributed by atoms with van der Waals surface area (Å²) in [6, 6.07) is 8.23. The Morgan fingerprint density at radius 1 is 1.26 bits per heavy atom. The highest BCUT2D eigenvalue weighted by molar-refractivity contribution is 5.32. The normalized spacial score (nSPS) is 19.3. The maximum absolute atomic E-state index is 5.38. The van der Waals surface area contributed by atoms with Crippen molar-refractivity contribution in [2.45, 2.75) is 26.3 Å². The van der Waals surface area contributed by atoms with Gasteiger partial charge in [-0.25, -0.2) is 0 Å². The molecule has 1 aromatic carbocycles. The lowest BCUT2D eigenvalue weighted by atomic mass is 9.80. The van der Waals surface area contributed by atoms with E-state index in [0.29, 0.717) is 5.41 Å². The molecule has 0 aromatic heterocycles. The van der Waals surface area contributed by atoms with Crippen LogP contribution in [0.1, 0.15) is 25.3 Å². The van der Waals surface area contributed by atoms with Gasteiger partial charge in [-0.2, -0.15) is 0 Å². The number of nitrogens with zero attached hydrogens (tertiary/aromatic N) is 1. The molecule has 0 spiro atoms. The Morgan fingerprint density at radius 3 is 2.63 bits per heavy atom. The second-order valence-electron chi connectivity index (χ2n) is 6.03. The SMILES string of the molecule is COc1ccccc1CNCC1(C)CCN(C)CC1. The van der Waals surface area contributed by atoms with Crippen LogP contribution in [0, 0.1) is 5.41 Å². The van der Waals surface area contributed by atoms with Gasteiger partial charge in [-0.15, -0.1) is 0 Å². The minimum Gasteiger partial charge on any atom is -0.496 e. The third-order valence-electron chi connectivity index (χ3n) is 4.25. The van der Waals surface area contributed by atoms with E-state index in [1.807, 2.05) is 12.1 Å². The van der Waals surface area contributed by atoms with Crippen molar-refractivity contribution in [3.63, 3.8) is 0 Å². The molecule has 0 radical (unpaired) electrons. The minimum absolute atomic E-state index is 0.439. The number of benzene rings is 1. The van der Waals surface area contributed by atoms with Gasteiger partial charge in [-0.3, -0.25) is 0 Å². The molecular weight excluding hydrogens is 236 g/mol. The number of piperidine rings is 1. The fourth-order valence-electron chi connectivity index (χ4n) is 2.68. The van der Waals surface area contributed by atoms with Gasteiger partial charge >= 0.3 is 0 Å². The lowest BCUT2D eigenvalue weighted by Gasteiger charge is -2.38. The average molecular weight is 262 g/mol. The van der Waals surface area contributed by atoms with Gasteiger partial charge < -0.3 is 15.0 Å². The van der Waals surface area contributed by atoms with E-state index in [4.69, 9.17) is 4.74 Å². The van der Waals surface area contributed by atoms with E-state index in [9.17, 15) is 0 Å². The molecule has 0 atom stereocenters. The summed E-state index contributed by atoms with van der Waals surface area (Å²) < 4.78 is 5.38. The largest absolute Gasteiger partial charge is 0.496 e. The smallest absolute Gasteiger partial charge is 0.123 e. The highest BCUT2D eigenvalue weighted by atomic mass is 16.5. The monoisotopic (exact) mass is 262 g/mol. The van der Waals surface area contributed by atoms with Crippen molar-refractivity contribution >= 4 is 0 Å². The molecule has 0 aliphatic carbocycles. The van der Waals surface area contributed by atoms with E-state index in [-0.39, 0.29) is 0 Å². The molecule has 1 aromatic rings. The zero-order valence-electron chi connectivity index (χ0n) is 12.4. The molecule has 0 saturated carbocycles. The molecule has 1 fully saturated rings. The van der Waals surface area contributed by atoms with Gasteiger partial charge in [0.1, 0.15) is 5.75 Å². The van der Waals surface area contributed by atoms with Crippen molar-refractivity contribution in [3.05, 3.63) is 29.8 Å². The third-order valence-corrected chi connectivity index (χ3v) is 4.25. The molecule has 106 valence electrons. The van der Waals surface area contributed by atoms with E-state index in [1.54, 1.807) is 7.11 Å². The van der Waals surface area contributed by atoms with Crippen LogP contribution in [0.2, 0.25) is 0 Å². The topological polar surface area (TPSA) is 24.5 Å². The molecule has 19 heavy (non-hydrogen) atoms. The Bertz CT molecular complexity index is 397. The van der Waals surface area contributed by atoms with Crippen molar-refractivity contribution in [2.24, 2.45) is 5.41 Å². The van der Waals surface area contributed by atoms with Crippen molar-refractivity contribution < 1.29 is 4.74 Å². The molecule has 0 bridgehead atoms. The van der Waals surface area contributed by atoms with Crippen molar-refractivity contribution in [3.8, 4) is 5.75 Å². The quantitative estimate of drug-likeness (QED) is 0.882. The summed E-state index contributed by atoms with van der Waals surface area (Å²) >= 11 is 0. The van der Waals surface area contributed by atoms with Gasteiger partial charge in [0.25, 0.3) is 0 Å². The second-order valence-corrected chi connectivity index (χ2v) is 6.03. The molecule has 0 amide bonds. The number of likely N-dealkylation sites (tertiary alicyclic amines) is 1. The van der Waals surface area contributed by atoms with Gasteiger partial charge in [0.2, 0.25) is 0 Å². The fraction of sp³-hybridized carbons (Fsp3) is 0.625. The summed E-state index contributed by atoms with van der Waals surface area (Å²) in [5, 5.41) is 3.60. The van der Waals surface area contributed by atoms with Crippen LogP contribution in [0.15, 0.2) is 24.3 Å². The number of hydrogen-bond acceptors (Lipinski definition) is 3. The van der Waals surface area contributed by atoms with Crippen LogP contribution in [0.3, 0.4) is 0 Å². The number of nitrogens with one attached hydrogen (secondary N) is 1. The van der Waals surface area contributed by atoms with E-state index < -0.39 is 0 Å². The van der Waals surface area contributed by atoms with Gasteiger partial charge in [0.15, 0.2) is 0 Å². The minimum atomic E-state index is 0.439. The van der Waals surface area contributed by atoms with Gasteiger partial charge in [-0.1, -0.05) is 25.1 Å². The van der Waals surface area contributed by atoms with Crippen LogP contribution in [0.5, 0.6) is 5.75 Å². The number of ether oxygens (including phenoxy) is 1. The summed E-state index contributed by atoms with van der Waals surface area (Å²) in [5.41, 5.74) is 1.68. The summed E-state index contributed by atoms with van der Waals surface area (Å²) in [7, 11) is 3.94. The van der Waals surface area contributed by atoms with Crippen LogP contribution in [-0.4, -0.2) is 38.7 Å². The first-order chi connectivity index (χ1) is 9.13.